The Balaban J connectivity index is 0. The van der Waals surface area contributed by atoms with Gasteiger partial charge in [0.25, 0.3) is 0 Å². The van der Waals surface area contributed by atoms with Gasteiger partial charge in [0.15, 0.2) is 0 Å². The van der Waals surface area contributed by atoms with Crippen molar-refractivity contribution in [1.29, 1.82) is 0 Å². The van der Waals surface area contributed by atoms with E-state index in [4.69, 9.17) is 6.42 Å². The Kier molecular flexibility index (Phi) is 20.4. The van der Waals surface area contributed by atoms with Crippen molar-refractivity contribution in [2.24, 2.45) is 5.92 Å². The lowest BCUT2D eigenvalue weighted by Gasteiger charge is -2.20. The molecular weight excluding hydrogens is 405 g/mol. The summed E-state index contributed by atoms with van der Waals surface area (Å²) in [5.74, 6) is 3.40. The van der Waals surface area contributed by atoms with Crippen molar-refractivity contribution in [2.45, 2.75) is 79.6 Å². The highest BCUT2D eigenvalue weighted by molar-refractivity contribution is 5.47. The smallest absolute Gasteiger partial charge is 0.125 e. The number of rotatable bonds is 8. The van der Waals surface area contributed by atoms with Crippen LogP contribution in [-0.2, 0) is 0 Å². The van der Waals surface area contributed by atoms with Crippen LogP contribution in [0.5, 0.6) is 0 Å². The largest absolute Gasteiger partial charge is 0.360 e. The monoisotopic (exact) mass is 449 g/mol. The van der Waals surface area contributed by atoms with Crippen molar-refractivity contribution >= 4 is 5.69 Å². The van der Waals surface area contributed by atoms with E-state index in [1.165, 1.54) is 61.8 Å². The van der Waals surface area contributed by atoms with Crippen molar-refractivity contribution in [3.05, 3.63) is 77.8 Å². The number of hydrogen-bond acceptors (Lipinski definition) is 1. The zero-order valence-electron chi connectivity index (χ0n) is 21.5. The van der Waals surface area contributed by atoms with Crippen LogP contribution in [0.15, 0.2) is 72.0 Å². The van der Waals surface area contributed by atoms with Gasteiger partial charge in [0.05, 0.1) is 0 Å². The highest BCUT2D eigenvalue weighted by atomic mass is 19.1. The van der Waals surface area contributed by atoms with E-state index in [2.05, 4.69) is 77.1 Å². The highest BCUT2D eigenvalue weighted by Crippen LogP contribution is 2.26. The molecule has 1 aromatic rings. The topological polar surface area (TPSA) is 12.0 Å². The van der Waals surface area contributed by atoms with E-state index in [0.29, 0.717) is 0 Å². The molecule has 0 saturated heterocycles. The van der Waals surface area contributed by atoms with Crippen molar-refractivity contribution < 1.29 is 4.39 Å². The fraction of sp³-hybridized carbons (Fsp3) is 0.419. The van der Waals surface area contributed by atoms with Crippen LogP contribution in [0.4, 0.5) is 10.1 Å². The lowest BCUT2D eigenvalue weighted by atomic mass is 9.86. The minimum atomic E-state index is -0.240. The average molecular weight is 450 g/mol. The van der Waals surface area contributed by atoms with Gasteiger partial charge in [0, 0.05) is 17.0 Å². The first-order chi connectivity index (χ1) is 15.7. The first kappa shape index (κ1) is 32.2. The van der Waals surface area contributed by atoms with Gasteiger partial charge in [-0.2, -0.15) is 0 Å². The number of hydrogen-bond donors (Lipinski definition) is 1. The zero-order chi connectivity index (χ0) is 25.6. The Morgan fingerprint density at radius 3 is 2.18 bits per heavy atom. The fourth-order valence-corrected chi connectivity index (χ4v) is 2.72. The molecule has 0 atom stereocenters. The average Bonchev–Trinajstić information content (AvgIpc) is 2.74. The van der Waals surface area contributed by atoms with Gasteiger partial charge in [0.2, 0.25) is 0 Å². The molecule has 0 radical (unpaired) electrons. The molecule has 1 nitrogen and oxygen atoms in total. The standard InChI is InChI=1S/C14H22.C9H10FN.C6H10.C2H2/c1-6-8-9-10-11-14(7-2)13(5)12(3)4;1-7(2)11-9-5-3-4-8(10)6-9;1-2-6-4-3-5-6;1-2/h2,11H,6,8-10H2,1,3-5H3;3-6,11H,1H2,2H3;2,6H,1,3-5H2;1-2H/b14-11-;;;. The first-order valence-corrected chi connectivity index (χ1v) is 11.7. The predicted molar refractivity (Wildman–Crippen MR) is 147 cm³/mol. The number of anilines is 1. The van der Waals surface area contributed by atoms with Gasteiger partial charge in [-0.3, -0.25) is 0 Å². The van der Waals surface area contributed by atoms with E-state index in [9.17, 15) is 4.39 Å². The summed E-state index contributed by atoms with van der Waals surface area (Å²) in [6.07, 6.45) is 26.9. The van der Waals surface area contributed by atoms with E-state index in [1.807, 2.05) is 6.92 Å². The predicted octanol–water partition coefficient (Wildman–Crippen LogP) is 9.48. The third-order valence-electron chi connectivity index (χ3n) is 5.13. The molecule has 33 heavy (non-hydrogen) atoms. The van der Waals surface area contributed by atoms with Gasteiger partial charge in [-0.1, -0.05) is 62.5 Å². The second-order valence-corrected chi connectivity index (χ2v) is 8.23. The second-order valence-electron chi connectivity index (χ2n) is 8.23. The van der Waals surface area contributed by atoms with Crippen LogP contribution < -0.4 is 5.32 Å². The van der Waals surface area contributed by atoms with Gasteiger partial charge < -0.3 is 5.32 Å². The minimum absolute atomic E-state index is 0.240. The van der Waals surface area contributed by atoms with E-state index >= 15 is 0 Å². The van der Waals surface area contributed by atoms with Gasteiger partial charge >= 0.3 is 0 Å². The number of unbranched alkanes of at least 4 members (excludes halogenated alkanes) is 3. The molecular formula is C31H44FN. The Bertz CT molecular complexity index is 809. The van der Waals surface area contributed by atoms with Gasteiger partial charge in [-0.15, -0.1) is 25.8 Å². The molecule has 1 fully saturated rings. The Labute approximate surface area is 204 Å². The number of benzene rings is 1. The fourth-order valence-electron chi connectivity index (χ4n) is 2.72. The summed E-state index contributed by atoms with van der Waals surface area (Å²) < 4.78 is 12.5. The number of allylic oxidation sites excluding steroid dienone is 6. The maximum atomic E-state index is 12.5. The number of nitrogens with one attached hydrogen (secondary N) is 1. The van der Waals surface area contributed by atoms with E-state index < -0.39 is 0 Å². The van der Waals surface area contributed by atoms with Crippen molar-refractivity contribution in [1.82, 2.24) is 0 Å². The summed E-state index contributed by atoms with van der Waals surface area (Å²) in [6, 6.07) is 6.27. The van der Waals surface area contributed by atoms with Crippen LogP contribution in [0, 0.1) is 36.9 Å². The maximum absolute atomic E-state index is 12.5. The molecule has 0 unspecified atom stereocenters. The molecule has 1 aliphatic carbocycles. The summed E-state index contributed by atoms with van der Waals surface area (Å²) in [6.45, 7) is 17.7. The first-order valence-electron chi connectivity index (χ1n) is 11.7. The normalized spacial score (nSPS) is 11.9. The van der Waals surface area contributed by atoms with E-state index in [-0.39, 0.29) is 5.82 Å². The van der Waals surface area contributed by atoms with Crippen LogP contribution in [0.2, 0.25) is 0 Å². The summed E-state index contributed by atoms with van der Waals surface area (Å²) in [4.78, 5) is 0. The Morgan fingerprint density at radius 2 is 1.82 bits per heavy atom. The van der Waals surface area contributed by atoms with Crippen LogP contribution in [-0.4, -0.2) is 0 Å². The van der Waals surface area contributed by atoms with Gasteiger partial charge in [0.1, 0.15) is 5.82 Å². The molecule has 1 aromatic carbocycles. The number of terminal acetylenes is 2. The van der Waals surface area contributed by atoms with Crippen molar-refractivity contribution in [3.8, 4) is 25.2 Å². The van der Waals surface area contributed by atoms with Crippen LogP contribution >= 0.6 is 0 Å². The summed E-state index contributed by atoms with van der Waals surface area (Å²) in [5, 5.41) is 2.91. The quantitative estimate of drug-likeness (QED) is 0.180. The molecule has 0 aliphatic heterocycles. The lowest BCUT2D eigenvalue weighted by Crippen LogP contribution is -2.05. The Morgan fingerprint density at radius 1 is 1.18 bits per heavy atom. The molecule has 1 saturated carbocycles. The Hall–Kier alpha value is -2.97. The van der Waals surface area contributed by atoms with Crippen molar-refractivity contribution in [2.75, 3.05) is 5.32 Å². The molecule has 1 aliphatic rings. The third kappa shape index (κ3) is 17.3. The lowest BCUT2D eigenvalue weighted by molar-refractivity contribution is 0.388. The van der Waals surface area contributed by atoms with Crippen LogP contribution in [0.3, 0.4) is 0 Å². The van der Waals surface area contributed by atoms with Crippen molar-refractivity contribution in [3.63, 3.8) is 0 Å². The molecule has 2 heteroatoms. The zero-order valence-corrected chi connectivity index (χ0v) is 21.5. The summed E-state index contributed by atoms with van der Waals surface area (Å²) in [5.41, 5.74) is 5.17. The second kappa shape index (κ2) is 20.9. The maximum Gasteiger partial charge on any atom is 0.125 e. The molecule has 1 N–H and O–H groups in total. The molecule has 2 rings (SSSR count). The molecule has 0 amide bonds. The molecule has 0 bridgehead atoms. The van der Waals surface area contributed by atoms with Gasteiger partial charge in [-0.05, 0) is 83.1 Å². The third-order valence-corrected chi connectivity index (χ3v) is 5.13. The molecule has 0 aromatic heterocycles. The SMILES string of the molecule is C#C.C#C/C(=C/CCCCC)C(C)=C(C)C.C=C(C)Nc1cccc(F)c1.C=CC1CCC1. The molecule has 0 spiro atoms. The van der Waals surface area contributed by atoms with Crippen LogP contribution in [0.1, 0.15) is 79.6 Å². The van der Waals surface area contributed by atoms with Gasteiger partial charge in [-0.25, -0.2) is 4.39 Å². The van der Waals surface area contributed by atoms with E-state index in [1.54, 1.807) is 12.1 Å². The van der Waals surface area contributed by atoms with Crippen LogP contribution in [0.25, 0.3) is 0 Å². The van der Waals surface area contributed by atoms with E-state index in [0.717, 1.165) is 29.3 Å². The molecule has 0 heterocycles. The minimum Gasteiger partial charge on any atom is -0.360 e. The molecule has 180 valence electrons. The summed E-state index contributed by atoms with van der Waals surface area (Å²) >= 11 is 0. The number of halogens is 1. The highest BCUT2D eigenvalue weighted by Gasteiger charge is 2.11. The summed E-state index contributed by atoms with van der Waals surface area (Å²) in [7, 11) is 0.